The summed E-state index contributed by atoms with van der Waals surface area (Å²) >= 11 is 7.83. The summed E-state index contributed by atoms with van der Waals surface area (Å²) in [7, 11) is 0. The van der Waals surface area contributed by atoms with Crippen LogP contribution in [0.25, 0.3) is 5.69 Å². The van der Waals surface area contributed by atoms with Gasteiger partial charge in [-0.25, -0.2) is 10.1 Å². The highest BCUT2D eigenvalue weighted by molar-refractivity contribution is 7.14. The van der Waals surface area contributed by atoms with E-state index in [9.17, 15) is 18.0 Å². The van der Waals surface area contributed by atoms with Crippen molar-refractivity contribution >= 4 is 35.1 Å². The van der Waals surface area contributed by atoms with Crippen LogP contribution in [0.5, 0.6) is 0 Å². The van der Waals surface area contributed by atoms with Crippen LogP contribution < -0.4 is 5.43 Å². The zero-order valence-electron chi connectivity index (χ0n) is 16.5. The molecule has 5 nitrogen and oxygen atoms in total. The smallest absolute Gasteiger partial charge is 0.266 e. The normalized spacial score (nSPS) is 14.1. The third kappa shape index (κ3) is 4.52. The van der Waals surface area contributed by atoms with Gasteiger partial charge in [-0.05, 0) is 62.4 Å². The number of amides is 1. The summed E-state index contributed by atoms with van der Waals surface area (Å²) in [5, 5.41) is 8.29. The van der Waals surface area contributed by atoms with Crippen molar-refractivity contribution in [3.63, 3.8) is 0 Å². The lowest BCUT2D eigenvalue weighted by molar-refractivity contribution is -0.137. The van der Waals surface area contributed by atoms with Gasteiger partial charge in [0.25, 0.3) is 5.91 Å². The number of carbonyl (C=O) groups is 1. The van der Waals surface area contributed by atoms with Gasteiger partial charge in [-0.3, -0.25) is 4.79 Å². The van der Waals surface area contributed by atoms with Gasteiger partial charge in [0.05, 0.1) is 33.6 Å². The Morgan fingerprint density at radius 2 is 2.06 bits per heavy atom. The number of aryl methyl sites for hydroxylation is 3. The Kier molecular flexibility index (Phi) is 5.90. The van der Waals surface area contributed by atoms with E-state index < -0.39 is 11.7 Å². The van der Waals surface area contributed by atoms with Gasteiger partial charge in [0.15, 0.2) is 0 Å². The number of hydrazone groups is 1. The second-order valence-corrected chi connectivity index (χ2v) is 8.71. The van der Waals surface area contributed by atoms with Crippen molar-refractivity contribution in [2.24, 2.45) is 5.10 Å². The van der Waals surface area contributed by atoms with Gasteiger partial charge in [-0.1, -0.05) is 17.7 Å². The summed E-state index contributed by atoms with van der Waals surface area (Å²) in [5.74, 6) is -0.310. The van der Waals surface area contributed by atoms with Gasteiger partial charge in [0.2, 0.25) is 0 Å². The molecule has 0 bridgehead atoms. The van der Waals surface area contributed by atoms with Gasteiger partial charge in [-0.15, -0.1) is 11.3 Å². The van der Waals surface area contributed by atoms with Crippen LogP contribution in [0.2, 0.25) is 5.15 Å². The molecule has 0 saturated carbocycles. The highest BCUT2D eigenvalue weighted by atomic mass is 35.5. The van der Waals surface area contributed by atoms with E-state index in [-0.39, 0.29) is 16.7 Å². The van der Waals surface area contributed by atoms with Crippen LogP contribution in [0.1, 0.15) is 49.8 Å². The van der Waals surface area contributed by atoms with Crippen molar-refractivity contribution in [3.05, 3.63) is 67.6 Å². The van der Waals surface area contributed by atoms with Crippen molar-refractivity contribution in [1.29, 1.82) is 0 Å². The number of nitrogens with one attached hydrogen (secondary N) is 1. The molecular formula is C21H18ClF3N4OS. The molecule has 2 aromatic heterocycles. The molecule has 1 amide bonds. The second kappa shape index (κ2) is 8.47. The number of halogens is 4. The van der Waals surface area contributed by atoms with E-state index in [0.717, 1.165) is 37.8 Å². The van der Waals surface area contributed by atoms with Crippen LogP contribution in [-0.2, 0) is 19.0 Å². The van der Waals surface area contributed by atoms with E-state index in [2.05, 4.69) is 15.6 Å². The zero-order chi connectivity index (χ0) is 22.2. The Morgan fingerprint density at radius 3 is 2.81 bits per heavy atom. The minimum atomic E-state index is -4.47. The van der Waals surface area contributed by atoms with Gasteiger partial charge >= 0.3 is 6.18 Å². The Labute approximate surface area is 185 Å². The van der Waals surface area contributed by atoms with E-state index in [4.69, 9.17) is 11.6 Å². The van der Waals surface area contributed by atoms with Gasteiger partial charge in [0.1, 0.15) is 5.15 Å². The van der Waals surface area contributed by atoms with Crippen LogP contribution in [0.3, 0.4) is 0 Å². The molecule has 162 valence electrons. The molecule has 2 heterocycles. The predicted molar refractivity (Wildman–Crippen MR) is 114 cm³/mol. The van der Waals surface area contributed by atoms with Gasteiger partial charge in [-0.2, -0.15) is 23.4 Å². The first kappa shape index (κ1) is 21.6. The molecule has 3 aromatic rings. The fourth-order valence-corrected chi connectivity index (χ4v) is 4.92. The van der Waals surface area contributed by atoms with Gasteiger partial charge in [0, 0.05) is 4.88 Å². The van der Waals surface area contributed by atoms with Crippen LogP contribution in [-0.4, -0.2) is 21.9 Å². The maximum atomic E-state index is 13.0. The van der Waals surface area contributed by atoms with E-state index in [1.54, 1.807) is 6.92 Å². The first-order valence-corrected chi connectivity index (χ1v) is 10.8. The number of thiophene rings is 1. The summed E-state index contributed by atoms with van der Waals surface area (Å²) < 4.78 is 40.2. The third-order valence-corrected chi connectivity index (χ3v) is 6.65. The van der Waals surface area contributed by atoms with E-state index >= 15 is 0 Å². The maximum absolute atomic E-state index is 13.0. The topological polar surface area (TPSA) is 59.3 Å². The molecule has 0 fully saturated rings. The maximum Gasteiger partial charge on any atom is 0.416 e. The van der Waals surface area contributed by atoms with Crippen molar-refractivity contribution in [2.75, 3.05) is 0 Å². The molecule has 0 radical (unpaired) electrons. The Morgan fingerprint density at radius 1 is 1.29 bits per heavy atom. The van der Waals surface area contributed by atoms with Crippen LogP contribution in [0, 0.1) is 6.92 Å². The van der Waals surface area contributed by atoms with Crippen molar-refractivity contribution in [1.82, 2.24) is 15.2 Å². The van der Waals surface area contributed by atoms with Crippen LogP contribution in [0.4, 0.5) is 13.2 Å². The highest BCUT2D eigenvalue weighted by Gasteiger charge is 2.31. The number of alkyl halides is 3. The number of benzene rings is 1. The average Bonchev–Trinajstić information content (AvgIpc) is 3.29. The number of fused-ring (bicyclic) bond motifs is 1. The fraction of sp³-hybridized carbons (Fsp3) is 0.286. The zero-order valence-corrected chi connectivity index (χ0v) is 18.0. The van der Waals surface area contributed by atoms with Crippen molar-refractivity contribution < 1.29 is 18.0 Å². The van der Waals surface area contributed by atoms with E-state index in [1.807, 2.05) is 6.07 Å². The predicted octanol–water partition coefficient (Wildman–Crippen LogP) is 5.56. The number of nitrogens with zero attached hydrogens (tertiary/aromatic N) is 3. The van der Waals surface area contributed by atoms with Crippen LogP contribution >= 0.6 is 22.9 Å². The molecule has 1 aliphatic carbocycles. The molecule has 1 aromatic carbocycles. The molecule has 1 N–H and O–H groups in total. The fourth-order valence-electron chi connectivity index (χ4n) is 3.46. The lowest BCUT2D eigenvalue weighted by Gasteiger charge is -2.09. The number of carbonyl (C=O) groups excluding carboxylic acids is 1. The molecule has 0 aliphatic heterocycles. The van der Waals surface area contributed by atoms with Crippen molar-refractivity contribution in [3.8, 4) is 5.69 Å². The number of hydrogen-bond acceptors (Lipinski definition) is 4. The first-order chi connectivity index (χ1) is 14.7. The minimum absolute atomic E-state index is 0.0985. The monoisotopic (exact) mass is 466 g/mol. The minimum Gasteiger partial charge on any atom is -0.266 e. The SMILES string of the molecule is Cc1nn(-c2cccc(C(F)(F)F)c2)c(Cl)c1C=NNC(=O)c1cc2c(s1)CCCC2. The lowest BCUT2D eigenvalue weighted by Crippen LogP contribution is -2.16. The van der Waals surface area contributed by atoms with Crippen LogP contribution in [0.15, 0.2) is 35.4 Å². The average molecular weight is 467 g/mol. The third-order valence-electron chi connectivity index (χ3n) is 5.05. The van der Waals surface area contributed by atoms with E-state index in [1.165, 1.54) is 44.8 Å². The quantitative estimate of drug-likeness (QED) is 0.404. The number of hydrogen-bond donors (Lipinski definition) is 1. The summed E-state index contributed by atoms with van der Waals surface area (Å²) in [6, 6.07) is 6.64. The number of aromatic nitrogens is 2. The first-order valence-electron chi connectivity index (χ1n) is 9.62. The molecule has 31 heavy (non-hydrogen) atoms. The second-order valence-electron chi connectivity index (χ2n) is 7.22. The highest BCUT2D eigenvalue weighted by Crippen LogP contribution is 2.32. The lowest BCUT2D eigenvalue weighted by atomic mass is 9.99. The Hall–Kier alpha value is -2.65. The Balaban J connectivity index is 1.52. The molecule has 0 unspecified atom stereocenters. The van der Waals surface area contributed by atoms with Gasteiger partial charge < -0.3 is 0 Å². The van der Waals surface area contributed by atoms with Crippen molar-refractivity contribution in [2.45, 2.75) is 38.8 Å². The van der Waals surface area contributed by atoms with E-state index in [0.29, 0.717) is 16.1 Å². The largest absolute Gasteiger partial charge is 0.416 e. The Bertz CT molecular complexity index is 1140. The summed E-state index contributed by atoms with van der Waals surface area (Å²) in [6.07, 6.45) is 1.14. The molecule has 4 rings (SSSR count). The number of rotatable bonds is 4. The molecular weight excluding hydrogens is 449 g/mol. The molecule has 0 spiro atoms. The molecule has 10 heteroatoms. The standard InChI is InChI=1S/C21H18ClF3N4OS/c1-12-16(11-26-27-20(30)18-9-13-5-2-3-8-17(13)31-18)19(22)29(28-12)15-7-4-6-14(10-15)21(23,24)25/h4,6-7,9-11H,2-3,5,8H2,1H3,(H,27,30). The molecule has 1 aliphatic rings. The summed E-state index contributed by atoms with van der Waals surface area (Å²) in [6.45, 7) is 1.66. The molecule has 0 saturated heterocycles. The summed E-state index contributed by atoms with van der Waals surface area (Å²) in [4.78, 5) is 14.3. The summed E-state index contributed by atoms with van der Waals surface area (Å²) in [5.41, 5.74) is 3.97. The molecule has 0 atom stereocenters.